The molecule has 0 atom stereocenters. The second-order valence-electron chi connectivity index (χ2n) is 5.98. The molecule has 0 fully saturated rings. The van der Waals surface area contributed by atoms with Gasteiger partial charge in [-0.1, -0.05) is 44.2 Å². The van der Waals surface area contributed by atoms with Gasteiger partial charge in [0.05, 0.1) is 6.26 Å². The van der Waals surface area contributed by atoms with Gasteiger partial charge in [-0.25, -0.2) is 0 Å². The molecule has 3 aromatic rings. The highest BCUT2D eigenvalue weighted by Gasteiger charge is 2.19. The number of furan rings is 1. The minimum absolute atomic E-state index is 0.0918. The molecule has 0 unspecified atom stereocenters. The number of anilines is 1. The molecule has 2 aromatic heterocycles. The van der Waals surface area contributed by atoms with E-state index in [1.54, 1.807) is 18.4 Å². The summed E-state index contributed by atoms with van der Waals surface area (Å²) in [4.78, 5) is 16.9. The van der Waals surface area contributed by atoms with Crippen molar-refractivity contribution in [2.45, 2.75) is 26.8 Å². The summed E-state index contributed by atoms with van der Waals surface area (Å²) in [5.74, 6) is 1.51. The SMILES string of the molecule is CC(C)CC(=O)n1nc(-c2ccco2)nc1NCc1ccccc1. The summed E-state index contributed by atoms with van der Waals surface area (Å²) in [6.07, 6.45) is 1.96. The first-order valence-corrected chi connectivity index (χ1v) is 7.95. The van der Waals surface area contributed by atoms with Gasteiger partial charge in [0.1, 0.15) is 0 Å². The maximum Gasteiger partial charge on any atom is 0.250 e. The maximum atomic E-state index is 12.5. The Hall–Kier alpha value is -2.89. The normalized spacial score (nSPS) is 11.0. The minimum atomic E-state index is -0.0918. The van der Waals surface area contributed by atoms with Crippen molar-refractivity contribution in [2.75, 3.05) is 5.32 Å². The van der Waals surface area contributed by atoms with E-state index in [0.29, 0.717) is 30.5 Å². The Kier molecular flexibility index (Phi) is 4.74. The minimum Gasteiger partial charge on any atom is -0.461 e. The second kappa shape index (κ2) is 7.12. The maximum absolute atomic E-state index is 12.5. The number of carbonyl (C=O) groups excluding carboxylic acids is 1. The Morgan fingerprint density at radius 2 is 2.00 bits per heavy atom. The van der Waals surface area contributed by atoms with E-state index in [9.17, 15) is 4.79 Å². The molecule has 0 radical (unpaired) electrons. The summed E-state index contributed by atoms with van der Waals surface area (Å²) >= 11 is 0. The molecule has 0 spiro atoms. The van der Waals surface area contributed by atoms with Crippen LogP contribution in [0.5, 0.6) is 0 Å². The highest BCUT2D eigenvalue weighted by atomic mass is 16.3. The zero-order chi connectivity index (χ0) is 16.9. The number of hydrogen-bond acceptors (Lipinski definition) is 5. The zero-order valence-electron chi connectivity index (χ0n) is 13.8. The third-order valence-electron chi connectivity index (χ3n) is 3.46. The van der Waals surface area contributed by atoms with Crippen LogP contribution in [-0.2, 0) is 6.54 Å². The summed E-state index contributed by atoms with van der Waals surface area (Å²) in [6, 6.07) is 13.5. The third kappa shape index (κ3) is 3.71. The van der Waals surface area contributed by atoms with Crippen LogP contribution >= 0.6 is 0 Å². The topological polar surface area (TPSA) is 73.0 Å². The summed E-state index contributed by atoms with van der Waals surface area (Å²) in [5, 5.41) is 7.51. The van der Waals surface area contributed by atoms with Crippen molar-refractivity contribution in [3.05, 3.63) is 54.3 Å². The van der Waals surface area contributed by atoms with Crippen molar-refractivity contribution < 1.29 is 9.21 Å². The lowest BCUT2D eigenvalue weighted by Crippen LogP contribution is -2.18. The summed E-state index contributed by atoms with van der Waals surface area (Å²) in [6.45, 7) is 4.56. The van der Waals surface area contributed by atoms with E-state index in [2.05, 4.69) is 15.4 Å². The van der Waals surface area contributed by atoms with E-state index in [-0.39, 0.29) is 11.8 Å². The molecule has 0 aliphatic rings. The molecule has 124 valence electrons. The molecule has 0 saturated heterocycles. The number of hydrogen-bond donors (Lipinski definition) is 1. The first-order valence-electron chi connectivity index (χ1n) is 7.95. The number of aromatic nitrogens is 3. The number of benzene rings is 1. The molecule has 2 heterocycles. The molecule has 3 rings (SSSR count). The van der Waals surface area contributed by atoms with Crippen molar-refractivity contribution in [3.8, 4) is 11.6 Å². The van der Waals surface area contributed by atoms with Gasteiger partial charge in [0.2, 0.25) is 17.7 Å². The van der Waals surface area contributed by atoms with E-state index >= 15 is 0 Å². The fourth-order valence-corrected chi connectivity index (χ4v) is 2.32. The second-order valence-corrected chi connectivity index (χ2v) is 5.98. The lowest BCUT2D eigenvalue weighted by molar-refractivity contribution is 0.0873. The summed E-state index contributed by atoms with van der Waals surface area (Å²) in [5.41, 5.74) is 1.10. The van der Waals surface area contributed by atoms with Crippen molar-refractivity contribution in [1.82, 2.24) is 14.8 Å². The van der Waals surface area contributed by atoms with E-state index < -0.39 is 0 Å². The first-order chi connectivity index (χ1) is 11.6. The average molecular weight is 324 g/mol. The average Bonchev–Trinajstić information content (AvgIpc) is 3.22. The van der Waals surface area contributed by atoms with Gasteiger partial charge in [-0.2, -0.15) is 9.67 Å². The van der Waals surface area contributed by atoms with Crippen LogP contribution in [0.4, 0.5) is 5.95 Å². The Balaban J connectivity index is 1.86. The van der Waals surface area contributed by atoms with E-state index in [4.69, 9.17) is 4.42 Å². The monoisotopic (exact) mass is 324 g/mol. The Morgan fingerprint density at radius 3 is 2.67 bits per heavy atom. The quantitative estimate of drug-likeness (QED) is 0.746. The van der Waals surface area contributed by atoms with Gasteiger partial charge in [0, 0.05) is 13.0 Å². The molecular weight excluding hydrogens is 304 g/mol. The van der Waals surface area contributed by atoms with Crippen molar-refractivity contribution in [3.63, 3.8) is 0 Å². The lowest BCUT2D eigenvalue weighted by Gasteiger charge is -2.08. The fraction of sp³-hybridized carbons (Fsp3) is 0.278. The van der Waals surface area contributed by atoms with Gasteiger partial charge in [-0.3, -0.25) is 4.79 Å². The molecule has 0 bridgehead atoms. The molecule has 0 aliphatic heterocycles. The number of rotatable bonds is 6. The molecule has 6 nitrogen and oxygen atoms in total. The Morgan fingerprint density at radius 1 is 1.21 bits per heavy atom. The van der Waals surface area contributed by atoms with Crippen molar-refractivity contribution in [1.29, 1.82) is 0 Å². The third-order valence-corrected chi connectivity index (χ3v) is 3.46. The van der Waals surface area contributed by atoms with Gasteiger partial charge < -0.3 is 9.73 Å². The number of nitrogens with one attached hydrogen (secondary N) is 1. The molecule has 1 N–H and O–H groups in total. The van der Waals surface area contributed by atoms with Crippen LogP contribution in [0, 0.1) is 5.92 Å². The fourth-order valence-electron chi connectivity index (χ4n) is 2.32. The highest BCUT2D eigenvalue weighted by Crippen LogP contribution is 2.19. The molecule has 1 aromatic carbocycles. The molecule has 0 aliphatic carbocycles. The molecule has 24 heavy (non-hydrogen) atoms. The van der Waals surface area contributed by atoms with Crippen LogP contribution < -0.4 is 5.32 Å². The summed E-state index contributed by atoms with van der Waals surface area (Å²) < 4.78 is 6.67. The largest absolute Gasteiger partial charge is 0.461 e. The first kappa shape index (κ1) is 16.0. The van der Waals surface area contributed by atoms with Crippen molar-refractivity contribution in [2.24, 2.45) is 5.92 Å². The highest BCUT2D eigenvalue weighted by molar-refractivity contribution is 5.81. The van der Waals surface area contributed by atoms with Gasteiger partial charge in [-0.05, 0) is 23.6 Å². The predicted octanol–water partition coefficient (Wildman–Crippen LogP) is 3.84. The van der Waals surface area contributed by atoms with E-state index in [1.807, 2.05) is 44.2 Å². The van der Waals surface area contributed by atoms with Crippen LogP contribution in [0.3, 0.4) is 0 Å². The zero-order valence-corrected chi connectivity index (χ0v) is 13.8. The van der Waals surface area contributed by atoms with E-state index in [0.717, 1.165) is 5.56 Å². The summed E-state index contributed by atoms with van der Waals surface area (Å²) in [7, 11) is 0. The van der Waals surface area contributed by atoms with Gasteiger partial charge in [0.15, 0.2) is 5.76 Å². The Labute approximate surface area is 140 Å². The standard InChI is InChI=1S/C18H20N4O2/c1-13(2)11-16(23)22-18(19-12-14-7-4-3-5-8-14)20-17(21-22)15-9-6-10-24-15/h3-10,13H,11-12H2,1-2H3,(H,19,20,21). The van der Waals surface area contributed by atoms with Crippen LogP contribution in [0.15, 0.2) is 53.1 Å². The Bertz CT molecular complexity index is 792. The van der Waals surface area contributed by atoms with E-state index in [1.165, 1.54) is 4.68 Å². The van der Waals surface area contributed by atoms with Crippen LogP contribution in [0.2, 0.25) is 0 Å². The molecule has 6 heteroatoms. The molecule has 0 saturated carbocycles. The van der Waals surface area contributed by atoms with Gasteiger partial charge in [0.25, 0.3) is 0 Å². The number of carbonyl (C=O) groups is 1. The smallest absolute Gasteiger partial charge is 0.250 e. The molecular formula is C18H20N4O2. The van der Waals surface area contributed by atoms with Crippen molar-refractivity contribution >= 4 is 11.9 Å². The lowest BCUT2D eigenvalue weighted by atomic mass is 10.1. The van der Waals surface area contributed by atoms with Gasteiger partial charge >= 0.3 is 0 Å². The van der Waals surface area contributed by atoms with Crippen LogP contribution in [0.1, 0.15) is 30.6 Å². The van der Waals surface area contributed by atoms with Crippen LogP contribution in [0.25, 0.3) is 11.6 Å². The predicted molar refractivity (Wildman–Crippen MR) is 91.6 cm³/mol. The number of nitrogens with zero attached hydrogens (tertiary/aromatic N) is 3. The molecule has 0 amide bonds. The van der Waals surface area contributed by atoms with Crippen LogP contribution in [-0.4, -0.2) is 20.7 Å². The van der Waals surface area contributed by atoms with Gasteiger partial charge in [-0.15, -0.1) is 5.10 Å².